The third kappa shape index (κ3) is 1.80. The summed E-state index contributed by atoms with van der Waals surface area (Å²) in [6, 6.07) is 0. The van der Waals surface area contributed by atoms with Gasteiger partial charge in [-0.05, 0) is 13.5 Å². The van der Waals surface area contributed by atoms with Crippen molar-refractivity contribution in [2.75, 3.05) is 6.54 Å². The Morgan fingerprint density at radius 3 is 2.00 bits per heavy atom. The van der Waals surface area contributed by atoms with Gasteiger partial charge in [-0.25, -0.2) is 0 Å². The molecular weight excluding hydrogens is 102 g/mol. The van der Waals surface area contributed by atoms with Crippen molar-refractivity contribution in [3.05, 3.63) is 0 Å². The van der Waals surface area contributed by atoms with Crippen molar-refractivity contribution in [3.63, 3.8) is 0 Å². The molecule has 1 unspecified atom stereocenters. The third-order valence-corrected chi connectivity index (χ3v) is 1.66. The molecule has 3 N–H and O–H groups in total. The maximum absolute atomic E-state index is 9.00. The SMILES string of the molecule is CC(O)C(C)(C)CN. The minimum absolute atomic E-state index is 0.125. The van der Waals surface area contributed by atoms with Gasteiger partial charge in [0, 0.05) is 5.41 Å². The highest BCUT2D eigenvalue weighted by Crippen LogP contribution is 2.17. The average molecular weight is 117 g/mol. The van der Waals surface area contributed by atoms with E-state index in [1.54, 1.807) is 6.92 Å². The van der Waals surface area contributed by atoms with Crippen LogP contribution >= 0.6 is 0 Å². The van der Waals surface area contributed by atoms with Crippen LogP contribution < -0.4 is 5.73 Å². The molecule has 0 aliphatic carbocycles. The number of aliphatic hydroxyl groups excluding tert-OH is 1. The van der Waals surface area contributed by atoms with Crippen molar-refractivity contribution < 1.29 is 5.11 Å². The lowest BCUT2D eigenvalue weighted by atomic mass is 9.88. The summed E-state index contributed by atoms with van der Waals surface area (Å²) in [6.07, 6.45) is -0.313. The summed E-state index contributed by atoms with van der Waals surface area (Å²) >= 11 is 0. The number of hydrogen-bond acceptors (Lipinski definition) is 2. The van der Waals surface area contributed by atoms with E-state index in [1.165, 1.54) is 0 Å². The van der Waals surface area contributed by atoms with Gasteiger partial charge in [0.25, 0.3) is 0 Å². The van der Waals surface area contributed by atoms with Crippen molar-refractivity contribution in [1.82, 2.24) is 0 Å². The highest BCUT2D eigenvalue weighted by Gasteiger charge is 2.21. The molecule has 50 valence electrons. The van der Waals surface area contributed by atoms with E-state index in [4.69, 9.17) is 10.8 Å². The third-order valence-electron chi connectivity index (χ3n) is 1.66. The molecule has 1 atom stereocenters. The van der Waals surface area contributed by atoms with Gasteiger partial charge in [-0.2, -0.15) is 0 Å². The van der Waals surface area contributed by atoms with Gasteiger partial charge in [0.15, 0.2) is 0 Å². The summed E-state index contributed by atoms with van der Waals surface area (Å²) < 4.78 is 0. The van der Waals surface area contributed by atoms with Crippen LogP contribution in [0.2, 0.25) is 0 Å². The molecule has 0 fully saturated rings. The zero-order valence-corrected chi connectivity index (χ0v) is 5.81. The molecule has 0 radical (unpaired) electrons. The van der Waals surface area contributed by atoms with E-state index in [0.717, 1.165) is 0 Å². The van der Waals surface area contributed by atoms with Crippen LogP contribution in [0.3, 0.4) is 0 Å². The predicted octanol–water partition coefficient (Wildman–Crippen LogP) is 0.352. The van der Waals surface area contributed by atoms with Crippen molar-refractivity contribution in [3.8, 4) is 0 Å². The maximum atomic E-state index is 9.00. The molecule has 0 spiro atoms. The van der Waals surface area contributed by atoms with E-state index in [2.05, 4.69) is 0 Å². The quantitative estimate of drug-likeness (QED) is 0.548. The Morgan fingerprint density at radius 1 is 1.62 bits per heavy atom. The zero-order valence-electron chi connectivity index (χ0n) is 5.81. The topological polar surface area (TPSA) is 46.2 Å². The number of rotatable bonds is 2. The second-order valence-electron chi connectivity index (χ2n) is 2.87. The largest absolute Gasteiger partial charge is 0.393 e. The van der Waals surface area contributed by atoms with Crippen LogP contribution in [0.15, 0.2) is 0 Å². The van der Waals surface area contributed by atoms with Gasteiger partial charge in [-0.15, -0.1) is 0 Å². The van der Waals surface area contributed by atoms with E-state index >= 15 is 0 Å². The van der Waals surface area contributed by atoms with Gasteiger partial charge in [0.05, 0.1) is 6.10 Å². The summed E-state index contributed by atoms with van der Waals surface area (Å²) in [5.74, 6) is 0. The molecule has 0 saturated heterocycles. The number of aliphatic hydroxyl groups is 1. The van der Waals surface area contributed by atoms with Gasteiger partial charge < -0.3 is 10.8 Å². The normalized spacial score (nSPS) is 16.1. The van der Waals surface area contributed by atoms with Gasteiger partial charge >= 0.3 is 0 Å². The fraction of sp³-hybridized carbons (Fsp3) is 1.00. The van der Waals surface area contributed by atoms with E-state index in [1.807, 2.05) is 13.8 Å². The van der Waals surface area contributed by atoms with Crippen LogP contribution in [0.4, 0.5) is 0 Å². The number of nitrogens with two attached hydrogens (primary N) is 1. The Morgan fingerprint density at radius 2 is 2.00 bits per heavy atom. The van der Waals surface area contributed by atoms with E-state index in [9.17, 15) is 0 Å². The van der Waals surface area contributed by atoms with Crippen LogP contribution in [-0.2, 0) is 0 Å². The minimum Gasteiger partial charge on any atom is -0.393 e. The zero-order chi connectivity index (χ0) is 6.78. The van der Waals surface area contributed by atoms with E-state index in [-0.39, 0.29) is 11.5 Å². The smallest absolute Gasteiger partial charge is 0.0575 e. The first kappa shape index (κ1) is 7.92. The molecule has 2 nitrogen and oxygen atoms in total. The Hall–Kier alpha value is -0.0800. The van der Waals surface area contributed by atoms with Crippen LogP contribution in [0.25, 0.3) is 0 Å². The monoisotopic (exact) mass is 117 g/mol. The van der Waals surface area contributed by atoms with Crippen molar-refractivity contribution in [2.45, 2.75) is 26.9 Å². The maximum Gasteiger partial charge on any atom is 0.0575 e. The Bertz CT molecular complexity index is 68.9. The number of hydrogen-bond donors (Lipinski definition) is 2. The molecule has 0 bridgehead atoms. The molecule has 0 amide bonds. The van der Waals surface area contributed by atoms with Crippen LogP contribution in [0.5, 0.6) is 0 Å². The first-order valence-corrected chi connectivity index (χ1v) is 2.89. The molecular formula is C6H15NO. The van der Waals surface area contributed by atoms with Crippen molar-refractivity contribution in [1.29, 1.82) is 0 Å². The summed E-state index contributed by atoms with van der Waals surface area (Å²) in [5.41, 5.74) is 5.22. The van der Waals surface area contributed by atoms with Crippen molar-refractivity contribution in [2.24, 2.45) is 11.1 Å². The Kier molecular flexibility index (Phi) is 2.44. The van der Waals surface area contributed by atoms with Crippen LogP contribution in [-0.4, -0.2) is 17.8 Å². The molecule has 0 aliphatic heterocycles. The standard InChI is InChI=1S/C6H15NO/c1-5(8)6(2,3)4-7/h5,8H,4,7H2,1-3H3. The molecule has 0 aliphatic rings. The fourth-order valence-corrected chi connectivity index (χ4v) is 0.171. The molecule has 0 saturated carbocycles. The van der Waals surface area contributed by atoms with Gasteiger partial charge in [-0.3, -0.25) is 0 Å². The van der Waals surface area contributed by atoms with Gasteiger partial charge in [0.2, 0.25) is 0 Å². The fourth-order valence-electron chi connectivity index (χ4n) is 0.171. The average Bonchev–Trinajstić information content (AvgIpc) is 1.67. The molecule has 0 rings (SSSR count). The predicted molar refractivity (Wildman–Crippen MR) is 34.5 cm³/mol. The van der Waals surface area contributed by atoms with Crippen LogP contribution in [0.1, 0.15) is 20.8 Å². The highest BCUT2D eigenvalue weighted by molar-refractivity contribution is 4.74. The van der Waals surface area contributed by atoms with Crippen molar-refractivity contribution >= 4 is 0 Å². The Labute approximate surface area is 50.7 Å². The first-order chi connectivity index (χ1) is 3.50. The Balaban J connectivity index is 3.71. The lowest BCUT2D eigenvalue weighted by molar-refractivity contribution is 0.0727. The molecule has 8 heavy (non-hydrogen) atoms. The second kappa shape index (κ2) is 2.46. The van der Waals surface area contributed by atoms with Gasteiger partial charge in [-0.1, -0.05) is 13.8 Å². The van der Waals surface area contributed by atoms with E-state index < -0.39 is 0 Å². The molecule has 0 heterocycles. The highest BCUT2D eigenvalue weighted by atomic mass is 16.3. The summed E-state index contributed by atoms with van der Waals surface area (Å²) in [6.45, 7) is 6.17. The lowest BCUT2D eigenvalue weighted by Crippen LogP contribution is -2.34. The van der Waals surface area contributed by atoms with Crippen LogP contribution in [0, 0.1) is 5.41 Å². The van der Waals surface area contributed by atoms with E-state index in [0.29, 0.717) is 6.54 Å². The second-order valence-corrected chi connectivity index (χ2v) is 2.87. The lowest BCUT2D eigenvalue weighted by Gasteiger charge is -2.25. The minimum atomic E-state index is -0.313. The summed E-state index contributed by atoms with van der Waals surface area (Å²) in [5, 5.41) is 9.00. The molecule has 0 aromatic rings. The molecule has 2 heteroatoms. The summed E-state index contributed by atoms with van der Waals surface area (Å²) in [7, 11) is 0. The molecule has 0 aromatic carbocycles. The summed E-state index contributed by atoms with van der Waals surface area (Å²) in [4.78, 5) is 0. The molecule has 0 aromatic heterocycles. The first-order valence-electron chi connectivity index (χ1n) is 2.89. The van der Waals surface area contributed by atoms with Gasteiger partial charge in [0.1, 0.15) is 0 Å².